The van der Waals surface area contributed by atoms with E-state index in [1.807, 2.05) is 6.07 Å². The maximum Gasteiger partial charge on any atom is 0.114 e. The zero-order valence-electron chi connectivity index (χ0n) is 10.5. The maximum atomic E-state index is 5.77. The first kappa shape index (κ1) is 12.1. The van der Waals surface area contributed by atoms with Crippen LogP contribution < -0.4 is 5.32 Å². The molecule has 4 atom stereocenters. The van der Waals surface area contributed by atoms with Crippen LogP contribution in [0.4, 0.5) is 0 Å². The van der Waals surface area contributed by atoms with Crippen molar-refractivity contribution in [3.8, 4) is 0 Å². The quantitative estimate of drug-likeness (QED) is 0.862. The van der Waals surface area contributed by atoms with E-state index >= 15 is 0 Å². The number of benzene rings is 1. The van der Waals surface area contributed by atoms with Gasteiger partial charge in [0.15, 0.2) is 0 Å². The second-order valence-corrected chi connectivity index (χ2v) is 4.84. The van der Waals surface area contributed by atoms with Gasteiger partial charge in [-0.05, 0) is 5.56 Å². The highest BCUT2D eigenvalue weighted by atomic mass is 16.6. The van der Waals surface area contributed by atoms with E-state index in [2.05, 4.69) is 29.6 Å². The van der Waals surface area contributed by atoms with E-state index in [4.69, 9.17) is 14.2 Å². The number of fused-ring (bicyclic) bond motifs is 1. The highest BCUT2D eigenvalue weighted by Crippen LogP contribution is 2.28. The van der Waals surface area contributed by atoms with Crippen LogP contribution >= 0.6 is 0 Å². The summed E-state index contributed by atoms with van der Waals surface area (Å²) in [4.78, 5) is 0. The highest BCUT2D eigenvalue weighted by Gasteiger charge is 2.47. The van der Waals surface area contributed by atoms with Crippen molar-refractivity contribution in [2.45, 2.75) is 30.9 Å². The number of nitrogens with one attached hydrogen (secondary N) is 1. The van der Waals surface area contributed by atoms with Gasteiger partial charge in [-0.1, -0.05) is 30.3 Å². The Morgan fingerprint density at radius 2 is 1.94 bits per heavy atom. The Kier molecular flexibility index (Phi) is 3.61. The lowest BCUT2D eigenvalue weighted by Crippen LogP contribution is -2.40. The first-order valence-electron chi connectivity index (χ1n) is 6.42. The topological polar surface area (TPSA) is 39.7 Å². The second-order valence-electron chi connectivity index (χ2n) is 4.84. The SMILES string of the molecule is CO[C@@H]1CO[C@H]2[C@@H]1OC[C@H]2NCc1ccccc1. The third-order valence-electron chi connectivity index (χ3n) is 3.72. The number of ether oxygens (including phenoxy) is 3. The Morgan fingerprint density at radius 1 is 1.17 bits per heavy atom. The lowest BCUT2D eigenvalue weighted by molar-refractivity contribution is -0.00824. The molecule has 4 nitrogen and oxygen atoms in total. The van der Waals surface area contributed by atoms with Gasteiger partial charge in [-0.3, -0.25) is 0 Å². The Hall–Kier alpha value is -0.940. The van der Waals surface area contributed by atoms with Gasteiger partial charge in [0.1, 0.15) is 18.3 Å². The monoisotopic (exact) mass is 249 g/mol. The van der Waals surface area contributed by atoms with Gasteiger partial charge in [0.25, 0.3) is 0 Å². The molecule has 3 rings (SSSR count). The fraction of sp³-hybridized carbons (Fsp3) is 0.571. The number of methoxy groups -OCH3 is 1. The molecule has 0 amide bonds. The van der Waals surface area contributed by atoms with E-state index in [9.17, 15) is 0 Å². The molecular formula is C14H19NO3. The molecule has 0 aromatic heterocycles. The first-order chi connectivity index (χ1) is 8.88. The minimum Gasteiger partial charge on any atom is -0.376 e. The summed E-state index contributed by atoms with van der Waals surface area (Å²) in [5.41, 5.74) is 1.28. The molecule has 2 fully saturated rings. The van der Waals surface area contributed by atoms with Gasteiger partial charge in [-0.2, -0.15) is 0 Å². The summed E-state index contributed by atoms with van der Waals surface area (Å²) < 4.78 is 16.9. The number of rotatable bonds is 4. The van der Waals surface area contributed by atoms with Crippen molar-refractivity contribution < 1.29 is 14.2 Å². The van der Waals surface area contributed by atoms with Crippen molar-refractivity contribution in [1.29, 1.82) is 0 Å². The molecule has 2 aliphatic rings. The van der Waals surface area contributed by atoms with Crippen LogP contribution in [0.25, 0.3) is 0 Å². The van der Waals surface area contributed by atoms with Crippen LogP contribution in [0, 0.1) is 0 Å². The van der Waals surface area contributed by atoms with E-state index in [1.54, 1.807) is 7.11 Å². The van der Waals surface area contributed by atoms with Gasteiger partial charge in [0.05, 0.1) is 19.3 Å². The third kappa shape index (κ3) is 2.29. The molecular weight excluding hydrogens is 230 g/mol. The van der Waals surface area contributed by atoms with Crippen LogP contribution in [0.3, 0.4) is 0 Å². The number of hydrogen-bond donors (Lipinski definition) is 1. The molecule has 0 unspecified atom stereocenters. The summed E-state index contributed by atoms with van der Waals surface area (Å²) in [5.74, 6) is 0. The molecule has 0 bridgehead atoms. The average molecular weight is 249 g/mol. The first-order valence-corrected chi connectivity index (χ1v) is 6.42. The fourth-order valence-electron chi connectivity index (χ4n) is 2.69. The number of hydrogen-bond acceptors (Lipinski definition) is 4. The van der Waals surface area contributed by atoms with Gasteiger partial charge in [0.2, 0.25) is 0 Å². The van der Waals surface area contributed by atoms with Gasteiger partial charge >= 0.3 is 0 Å². The van der Waals surface area contributed by atoms with Crippen LogP contribution in [0.2, 0.25) is 0 Å². The van der Waals surface area contributed by atoms with Crippen molar-refractivity contribution >= 4 is 0 Å². The Labute approximate surface area is 107 Å². The molecule has 98 valence electrons. The lowest BCUT2D eigenvalue weighted by atomic mass is 10.1. The van der Waals surface area contributed by atoms with E-state index < -0.39 is 0 Å². The van der Waals surface area contributed by atoms with Crippen molar-refractivity contribution in [2.75, 3.05) is 20.3 Å². The summed E-state index contributed by atoms with van der Waals surface area (Å²) in [6.07, 6.45) is 0.292. The smallest absolute Gasteiger partial charge is 0.114 e. The van der Waals surface area contributed by atoms with Crippen LogP contribution in [0.15, 0.2) is 30.3 Å². The third-order valence-corrected chi connectivity index (χ3v) is 3.72. The molecule has 2 heterocycles. The molecule has 0 radical (unpaired) electrons. The molecule has 18 heavy (non-hydrogen) atoms. The summed E-state index contributed by atoms with van der Waals surface area (Å²) in [6.45, 7) is 2.18. The van der Waals surface area contributed by atoms with E-state index in [0.29, 0.717) is 13.2 Å². The Morgan fingerprint density at radius 3 is 2.72 bits per heavy atom. The lowest BCUT2D eigenvalue weighted by Gasteiger charge is -2.17. The fourth-order valence-corrected chi connectivity index (χ4v) is 2.69. The summed E-state index contributed by atoms with van der Waals surface area (Å²) in [6, 6.07) is 10.6. The predicted octanol–water partition coefficient (Wildman–Crippen LogP) is 0.957. The standard InChI is InChI=1S/C14H19NO3/c1-16-12-9-18-13-11(8-17-14(12)13)15-7-10-5-3-2-4-6-10/h2-6,11-15H,7-9H2,1H3/t11-,12-,13-,14-/m1/s1. The van der Waals surface area contributed by atoms with Crippen molar-refractivity contribution in [3.63, 3.8) is 0 Å². The van der Waals surface area contributed by atoms with Gasteiger partial charge in [-0.25, -0.2) is 0 Å². The van der Waals surface area contributed by atoms with Crippen molar-refractivity contribution in [3.05, 3.63) is 35.9 Å². The molecule has 4 heteroatoms. The van der Waals surface area contributed by atoms with Crippen LogP contribution in [0.5, 0.6) is 0 Å². The van der Waals surface area contributed by atoms with Crippen LogP contribution in [0.1, 0.15) is 5.56 Å². The Balaban J connectivity index is 1.56. The zero-order valence-corrected chi connectivity index (χ0v) is 10.5. The van der Waals surface area contributed by atoms with Crippen molar-refractivity contribution in [1.82, 2.24) is 5.32 Å². The van der Waals surface area contributed by atoms with Gasteiger partial charge < -0.3 is 19.5 Å². The van der Waals surface area contributed by atoms with E-state index in [0.717, 1.165) is 6.54 Å². The van der Waals surface area contributed by atoms with Gasteiger partial charge in [-0.15, -0.1) is 0 Å². The molecule has 2 aliphatic heterocycles. The summed E-state index contributed by atoms with van der Waals surface area (Å²) in [7, 11) is 1.71. The van der Waals surface area contributed by atoms with Crippen LogP contribution in [-0.4, -0.2) is 44.7 Å². The predicted molar refractivity (Wildman–Crippen MR) is 67.3 cm³/mol. The molecule has 0 saturated carbocycles. The van der Waals surface area contributed by atoms with Crippen molar-refractivity contribution in [2.24, 2.45) is 0 Å². The minimum absolute atomic E-state index is 0.0820. The minimum atomic E-state index is 0.0820. The summed E-state index contributed by atoms with van der Waals surface area (Å²) in [5, 5.41) is 3.51. The molecule has 1 aromatic rings. The molecule has 1 aromatic carbocycles. The maximum absolute atomic E-state index is 5.77. The van der Waals surface area contributed by atoms with Gasteiger partial charge in [0, 0.05) is 13.7 Å². The molecule has 0 spiro atoms. The summed E-state index contributed by atoms with van der Waals surface area (Å²) >= 11 is 0. The normalized spacial score (nSPS) is 34.7. The zero-order chi connectivity index (χ0) is 12.4. The largest absolute Gasteiger partial charge is 0.376 e. The van der Waals surface area contributed by atoms with E-state index in [-0.39, 0.29) is 24.4 Å². The second kappa shape index (κ2) is 5.36. The molecule has 2 saturated heterocycles. The highest BCUT2D eigenvalue weighted by molar-refractivity contribution is 5.14. The molecule has 0 aliphatic carbocycles. The molecule has 1 N–H and O–H groups in total. The Bertz CT molecular complexity index is 384. The average Bonchev–Trinajstić information content (AvgIpc) is 2.99. The van der Waals surface area contributed by atoms with E-state index in [1.165, 1.54) is 5.56 Å². The van der Waals surface area contributed by atoms with Crippen LogP contribution in [-0.2, 0) is 20.8 Å².